The van der Waals surface area contributed by atoms with Crippen LogP contribution in [0.25, 0.3) is 0 Å². The van der Waals surface area contributed by atoms with E-state index in [0.29, 0.717) is 12.5 Å². The summed E-state index contributed by atoms with van der Waals surface area (Å²) < 4.78 is 49.6. The highest BCUT2D eigenvalue weighted by molar-refractivity contribution is 6.31. The molecule has 0 unspecified atom stereocenters. The summed E-state index contributed by atoms with van der Waals surface area (Å²) in [6.07, 6.45) is -4.30. The minimum Gasteiger partial charge on any atom is -0.207 e. The van der Waals surface area contributed by atoms with Crippen molar-refractivity contribution in [1.29, 1.82) is 0 Å². The van der Waals surface area contributed by atoms with E-state index in [1.165, 1.54) is 0 Å². The number of rotatable bonds is 1. The lowest BCUT2D eigenvalue weighted by atomic mass is 10.1. The number of hydrogen-bond donors (Lipinski definition) is 0. The molecule has 0 aliphatic rings. The first-order valence-electron chi connectivity index (χ1n) is 3.91. The molecule has 0 N–H and O–H groups in total. The summed E-state index contributed by atoms with van der Waals surface area (Å²) in [5.74, 6) is -0.871. The van der Waals surface area contributed by atoms with Crippen LogP contribution in [0.3, 0.4) is 0 Å². The van der Waals surface area contributed by atoms with Gasteiger partial charge in [0.1, 0.15) is 5.82 Å². The molecule has 0 spiro atoms. The third-order valence-corrected chi connectivity index (χ3v) is 2.14. The molecule has 0 radical (unpaired) electrons. The monoisotopic (exact) mass is 226 g/mol. The number of halogens is 5. The average Bonchev–Trinajstić information content (AvgIpc) is 2.06. The van der Waals surface area contributed by atoms with Crippen LogP contribution in [0.5, 0.6) is 0 Å². The van der Waals surface area contributed by atoms with E-state index in [1.807, 2.05) is 0 Å². The van der Waals surface area contributed by atoms with E-state index in [4.69, 9.17) is 11.6 Å². The van der Waals surface area contributed by atoms with Gasteiger partial charge >= 0.3 is 6.18 Å². The van der Waals surface area contributed by atoms with Gasteiger partial charge in [-0.2, -0.15) is 13.2 Å². The van der Waals surface area contributed by atoms with Crippen molar-refractivity contribution in [2.45, 2.75) is 19.5 Å². The Morgan fingerprint density at radius 1 is 1.29 bits per heavy atom. The maximum atomic E-state index is 13.0. The van der Waals surface area contributed by atoms with Crippen LogP contribution in [0.1, 0.15) is 18.1 Å². The Balaban J connectivity index is 3.29. The van der Waals surface area contributed by atoms with Crippen molar-refractivity contribution in [2.75, 3.05) is 0 Å². The second-order valence-electron chi connectivity index (χ2n) is 2.77. The molecule has 0 saturated heterocycles. The van der Waals surface area contributed by atoms with E-state index >= 15 is 0 Å². The third-order valence-electron chi connectivity index (χ3n) is 1.82. The van der Waals surface area contributed by atoms with Gasteiger partial charge in [-0.3, -0.25) is 0 Å². The Bertz CT molecular complexity index is 343. The largest absolute Gasteiger partial charge is 0.417 e. The van der Waals surface area contributed by atoms with Gasteiger partial charge in [0.2, 0.25) is 0 Å². The Hall–Kier alpha value is -0.770. The van der Waals surface area contributed by atoms with E-state index in [0.717, 1.165) is 6.07 Å². The lowest BCUT2D eigenvalue weighted by Crippen LogP contribution is -2.07. The number of aryl methyl sites for hydroxylation is 1. The van der Waals surface area contributed by atoms with Gasteiger partial charge in [-0.05, 0) is 24.1 Å². The molecule has 0 aromatic heterocycles. The van der Waals surface area contributed by atoms with Gasteiger partial charge in [-0.1, -0.05) is 18.5 Å². The summed E-state index contributed by atoms with van der Waals surface area (Å²) >= 11 is 5.38. The van der Waals surface area contributed by atoms with Crippen molar-refractivity contribution in [3.05, 3.63) is 34.1 Å². The maximum Gasteiger partial charge on any atom is 0.417 e. The molecule has 0 amide bonds. The molecule has 0 heterocycles. The van der Waals surface area contributed by atoms with Crippen LogP contribution in [0.4, 0.5) is 17.6 Å². The predicted molar refractivity (Wildman–Crippen MR) is 45.8 cm³/mol. The van der Waals surface area contributed by atoms with Crippen molar-refractivity contribution in [1.82, 2.24) is 0 Å². The van der Waals surface area contributed by atoms with Crippen molar-refractivity contribution in [2.24, 2.45) is 0 Å². The summed E-state index contributed by atoms with van der Waals surface area (Å²) in [6.45, 7) is 1.64. The van der Waals surface area contributed by atoms with Gasteiger partial charge in [0.25, 0.3) is 0 Å². The molecule has 0 bridgehead atoms. The molecular formula is C9H7ClF4. The van der Waals surface area contributed by atoms with Crippen molar-refractivity contribution < 1.29 is 17.6 Å². The number of benzene rings is 1. The zero-order chi connectivity index (χ0) is 10.9. The molecule has 0 fully saturated rings. The van der Waals surface area contributed by atoms with Crippen LogP contribution >= 0.6 is 11.6 Å². The summed E-state index contributed by atoms with van der Waals surface area (Å²) in [5, 5.41) is -0.462. The molecule has 0 aliphatic carbocycles. The molecule has 5 heteroatoms. The second-order valence-corrected chi connectivity index (χ2v) is 3.18. The normalized spacial score (nSPS) is 11.9. The molecule has 0 saturated carbocycles. The Morgan fingerprint density at radius 3 is 2.29 bits per heavy atom. The van der Waals surface area contributed by atoms with Crippen LogP contribution in [-0.4, -0.2) is 0 Å². The minimum absolute atomic E-state index is 0.183. The first-order chi connectivity index (χ1) is 6.36. The van der Waals surface area contributed by atoms with Gasteiger partial charge in [-0.25, -0.2) is 4.39 Å². The first-order valence-corrected chi connectivity index (χ1v) is 4.29. The molecular weight excluding hydrogens is 220 g/mol. The highest BCUT2D eigenvalue weighted by Crippen LogP contribution is 2.35. The van der Waals surface area contributed by atoms with Crippen LogP contribution in [-0.2, 0) is 12.6 Å². The Kier molecular flexibility index (Phi) is 3.04. The van der Waals surface area contributed by atoms with Crippen molar-refractivity contribution in [3.63, 3.8) is 0 Å². The summed E-state index contributed by atoms with van der Waals surface area (Å²) in [7, 11) is 0. The fraction of sp³-hybridized carbons (Fsp3) is 0.333. The topological polar surface area (TPSA) is 0 Å². The Morgan fingerprint density at radius 2 is 1.86 bits per heavy atom. The molecule has 1 aromatic rings. The molecule has 0 nitrogen and oxygen atoms in total. The molecule has 0 atom stereocenters. The van der Waals surface area contributed by atoms with Crippen LogP contribution < -0.4 is 0 Å². The quantitative estimate of drug-likeness (QED) is 0.634. The van der Waals surface area contributed by atoms with E-state index in [-0.39, 0.29) is 5.56 Å². The Labute approximate surface area is 83.5 Å². The summed E-state index contributed by atoms with van der Waals surface area (Å²) in [5.41, 5.74) is -0.947. The molecule has 14 heavy (non-hydrogen) atoms. The van der Waals surface area contributed by atoms with Crippen LogP contribution in [0.15, 0.2) is 12.1 Å². The molecule has 1 rings (SSSR count). The van der Waals surface area contributed by atoms with E-state index in [1.54, 1.807) is 6.92 Å². The fourth-order valence-corrected chi connectivity index (χ4v) is 1.37. The lowest BCUT2D eigenvalue weighted by molar-refractivity contribution is -0.137. The predicted octanol–water partition coefficient (Wildman–Crippen LogP) is 4.06. The van der Waals surface area contributed by atoms with Crippen LogP contribution in [0, 0.1) is 5.82 Å². The highest BCUT2D eigenvalue weighted by Gasteiger charge is 2.34. The maximum absolute atomic E-state index is 13.0. The second kappa shape index (κ2) is 3.77. The fourth-order valence-electron chi connectivity index (χ4n) is 1.08. The molecule has 0 aliphatic heterocycles. The van der Waals surface area contributed by atoms with Gasteiger partial charge < -0.3 is 0 Å². The van der Waals surface area contributed by atoms with Gasteiger partial charge in [0.05, 0.1) is 10.6 Å². The zero-order valence-corrected chi connectivity index (χ0v) is 8.01. The SMILES string of the molecule is CCc1cc(Cl)c(C(F)(F)F)cc1F. The minimum atomic E-state index is -4.61. The van der Waals surface area contributed by atoms with E-state index in [9.17, 15) is 17.6 Å². The standard InChI is InChI=1S/C9H7ClF4/c1-2-5-3-7(10)6(4-8(5)11)9(12,13)14/h3-4H,2H2,1H3. The van der Waals surface area contributed by atoms with Gasteiger partial charge in [0.15, 0.2) is 0 Å². The van der Waals surface area contributed by atoms with E-state index in [2.05, 4.69) is 0 Å². The van der Waals surface area contributed by atoms with Gasteiger partial charge in [0, 0.05) is 0 Å². The molecule has 78 valence electrons. The first kappa shape index (κ1) is 11.3. The third kappa shape index (κ3) is 2.18. The number of alkyl halides is 3. The van der Waals surface area contributed by atoms with Crippen LogP contribution in [0.2, 0.25) is 5.02 Å². The highest BCUT2D eigenvalue weighted by atomic mass is 35.5. The van der Waals surface area contributed by atoms with Crippen molar-refractivity contribution in [3.8, 4) is 0 Å². The van der Waals surface area contributed by atoms with E-state index < -0.39 is 22.6 Å². The van der Waals surface area contributed by atoms with Gasteiger partial charge in [-0.15, -0.1) is 0 Å². The average molecular weight is 227 g/mol. The zero-order valence-electron chi connectivity index (χ0n) is 7.25. The summed E-state index contributed by atoms with van der Waals surface area (Å²) in [4.78, 5) is 0. The lowest BCUT2D eigenvalue weighted by Gasteiger charge is -2.10. The smallest absolute Gasteiger partial charge is 0.207 e. The number of hydrogen-bond acceptors (Lipinski definition) is 0. The van der Waals surface area contributed by atoms with Crippen molar-refractivity contribution >= 4 is 11.6 Å². The molecule has 1 aromatic carbocycles. The summed E-state index contributed by atoms with van der Waals surface area (Å²) in [6, 6.07) is 1.45.